The predicted molar refractivity (Wildman–Crippen MR) is 117 cm³/mol. The van der Waals surface area contributed by atoms with E-state index >= 15 is 0 Å². The first-order valence-electron chi connectivity index (χ1n) is 8.29. The molecule has 0 spiro atoms. The van der Waals surface area contributed by atoms with E-state index in [4.69, 9.17) is 0 Å². The second-order valence-corrected chi connectivity index (χ2v) is 9.75. The molecule has 142 valence electrons. The summed E-state index contributed by atoms with van der Waals surface area (Å²) < 4.78 is 29.2. The van der Waals surface area contributed by atoms with Crippen LogP contribution in [0.25, 0.3) is 11.0 Å². The summed E-state index contributed by atoms with van der Waals surface area (Å²) in [4.78, 5) is 9.07. The van der Waals surface area contributed by atoms with Crippen LogP contribution in [0.5, 0.6) is 0 Å². The first kappa shape index (κ1) is 18.9. The van der Waals surface area contributed by atoms with Crippen molar-refractivity contribution in [3.05, 3.63) is 70.0 Å². The molecule has 0 saturated heterocycles. The third-order valence-corrected chi connectivity index (χ3v) is 7.61. The molecule has 0 aliphatic rings. The number of halogens is 1. The molecule has 2 heterocycles. The molecular weight excluding hydrogens is 460 g/mol. The van der Waals surface area contributed by atoms with E-state index < -0.39 is 10.0 Å². The van der Waals surface area contributed by atoms with Gasteiger partial charge in [0.05, 0.1) is 11.0 Å². The molecule has 2 N–H and O–H groups in total. The van der Waals surface area contributed by atoms with Gasteiger partial charge in [-0.25, -0.2) is 18.4 Å². The molecule has 0 aliphatic carbocycles. The summed E-state index contributed by atoms with van der Waals surface area (Å²) in [6.45, 7) is 1.97. The number of para-hydroxylation sites is 2. The van der Waals surface area contributed by atoms with Crippen molar-refractivity contribution in [2.75, 3.05) is 10.0 Å². The monoisotopic (exact) mass is 474 g/mol. The summed E-state index contributed by atoms with van der Waals surface area (Å²) in [5.41, 5.74) is 3.09. The van der Waals surface area contributed by atoms with Crippen LogP contribution in [0.1, 0.15) is 5.56 Å². The molecule has 2 aromatic heterocycles. The fourth-order valence-electron chi connectivity index (χ4n) is 2.61. The standard InChI is InChI=1S/C19H15BrN4O2S2/c1-12-11-13(8-9-14(12)20)21-18-19(23-16-6-3-2-5-15(16)22-18)24-28(25,26)17-7-4-10-27-17/h2-11H,1H3,(H,21,22)(H,23,24). The average molecular weight is 475 g/mol. The Morgan fingerprint density at radius 1 is 0.964 bits per heavy atom. The highest BCUT2D eigenvalue weighted by Gasteiger charge is 2.20. The third-order valence-electron chi connectivity index (χ3n) is 3.98. The van der Waals surface area contributed by atoms with Crippen molar-refractivity contribution in [2.24, 2.45) is 0 Å². The van der Waals surface area contributed by atoms with E-state index in [1.165, 1.54) is 0 Å². The quantitative estimate of drug-likeness (QED) is 0.409. The zero-order chi connectivity index (χ0) is 19.7. The fourth-order valence-corrected chi connectivity index (χ4v) is 4.86. The minimum atomic E-state index is -3.75. The van der Waals surface area contributed by atoms with Crippen LogP contribution in [0.4, 0.5) is 17.3 Å². The largest absolute Gasteiger partial charge is 0.337 e. The second-order valence-electron chi connectivity index (χ2n) is 6.04. The van der Waals surface area contributed by atoms with Crippen molar-refractivity contribution in [3.8, 4) is 0 Å². The van der Waals surface area contributed by atoms with Crippen LogP contribution >= 0.6 is 27.3 Å². The highest BCUT2D eigenvalue weighted by molar-refractivity contribution is 9.10. The number of thiophene rings is 1. The number of sulfonamides is 1. The summed E-state index contributed by atoms with van der Waals surface area (Å²) in [5, 5.41) is 4.90. The highest BCUT2D eigenvalue weighted by Crippen LogP contribution is 2.29. The molecule has 28 heavy (non-hydrogen) atoms. The van der Waals surface area contributed by atoms with Crippen molar-refractivity contribution in [1.29, 1.82) is 0 Å². The summed E-state index contributed by atoms with van der Waals surface area (Å²) in [7, 11) is -3.75. The molecule has 0 radical (unpaired) electrons. The van der Waals surface area contributed by atoms with Crippen LogP contribution in [0.2, 0.25) is 0 Å². The van der Waals surface area contributed by atoms with Crippen molar-refractivity contribution in [1.82, 2.24) is 9.97 Å². The van der Waals surface area contributed by atoms with Gasteiger partial charge >= 0.3 is 0 Å². The van der Waals surface area contributed by atoms with Crippen LogP contribution in [0.3, 0.4) is 0 Å². The number of aromatic nitrogens is 2. The van der Waals surface area contributed by atoms with Crippen molar-refractivity contribution < 1.29 is 8.42 Å². The lowest BCUT2D eigenvalue weighted by Gasteiger charge is -2.14. The number of nitrogens with one attached hydrogen (secondary N) is 2. The van der Waals surface area contributed by atoms with E-state index in [0.29, 0.717) is 16.9 Å². The topological polar surface area (TPSA) is 84.0 Å². The summed E-state index contributed by atoms with van der Waals surface area (Å²) in [5.74, 6) is 0.480. The lowest BCUT2D eigenvalue weighted by molar-refractivity contribution is 0.603. The molecule has 0 atom stereocenters. The third kappa shape index (κ3) is 3.87. The van der Waals surface area contributed by atoms with Crippen molar-refractivity contribution in [2.45, 2.75) is 11.1 Å². The number of hydrogen-bond donors (Lipinski definition) is 2. The van der Waals surface area contributed by atoms with E-state index in [1.807, 2.05) is 43.3 Å². The van der Waals surface area contributed by atoms with E-state index in [2.05, 4.69) is 35.9 Å². The molecule has 0 unspecified atom stereocenters. The number of nitrogens with zero attached hydrogens (tertiary/aromatic N) is 2. The Morgan fingerprint density at radius 3 is 2.32 bits per heavy atom. The van der Waals surface area contributed by atoms with Gasteiger partial charge in [-0.05, 0) is 54.3 Å². The number of rotatable bonds is 5. The molecule has 0 amide bonds. The van der Waals surface area contributed by atoms with Crippen LogP contribution in [0.15, 0.2) is 68.7 Å². The summed E-state index contributed by atoms with van der Waals surface area (Å²) >= 11 is 4.62. The fraction of sp³-hybridized carbons (Fsp3) is 0.0526. The highest BCUT2D eigenvalue weighted by atomic mass is 79.9. The number of hydrogen-bond acceptors (Lipinski definition) is 6. The molecule has 4 rings (SSSR count). The maximum absolute atomic E-state index is 12.7. The van der Waals surface area contributed by atoms with Crippen LogP contribution in [-0.4, -0.2) is 18.4 Å². The smallest absolute Gasteiger partial charge is 0.272 e. The van der Waals surface area contributed by atoms with Crippen molar-refractivity contribution in [3.63, 3.8) is 0 Å². The van der Waals surface area contributed by atoms with Gasteiger partial charge in [0, 0.05) is 10.2 Å². The summed E-state index contributed by atoms with van der Waals surface area (Å²) in [6, 6.07) is 16.3. The molecule has 0 aliphatic heterocycles. The van der Waals surface area contributed by atoms with Crippen molar-refractivity contribution >= 4 is 65.6 Å². The van der Waals surface area contributed by atoms with Gasteiger partial charge in [0.15, 0.2) is 11.6 Å². The first-order valence-corrected chi connectivity index (χ1v) is 11.4. The normalized spacial score (nSPS) is 11.5. The molecule has 4 aromatic rings. The van der Waals surface area contributed by atoms with Crippen LogP contribution < -0.4 is 10.0 Å². The number of aryl methyl sites for hydroxylation is 1. The Morgan fingerprint density at radius 2 is 1.68 bits per heavy atom. The van der Waals surface area contributed by atoms with Gasteiger partial charge in [0.1, 0.15) is 4.21 Å². The molecule has 2 aromatic carbocycles. The minimum absolute atomic E-state index is 0.146. The van der Waals surface area contributed by atoms with Crippen LogP contribution in [0, 0.1) is 6.92 Å². The lowest BCUT2D eigenvalue weighted by Crippen LogP contribution is -2.15. The molecule has 0 bridgehead atoms. The van der Waals surface area contributed by atoms with E-state index in [-0.39, 0.29) is 10.0 Å². The van der Waals surface area contributed by atoms with Gasteiger partial charge in [-0.2, -0.15) is 0 Å². The molecular formula is C19H15BrN4O2S2. The summed E-state index contributed by atoms with van der Waals surface area (Å²) in [6.07, 6.45) is 0. The molecule has 9 heteroatoms. The van der Waals surface area contributed by atoms with Gasteiger partial charge in [0.25, 0.3) is 10.0 Å². The Hall–Kier alpha value is -2.49. The predicted octanol–water partition coefficient (Wildman–Crippen LogP) is 5.31. The van der Waals surface area contributed by atoms with Gasteiger partial charge in [-0.3, -0.25) is 4.72 Å². The van der Waals surface area contributed by atoms with Gasteiger partial charge < -0.3 is 5.32 Å². The minimum Gasteiger partial charge on any atom is -0.337 e. The van der Waals surface area contributed by atoms with E-state index in [1.54, 1.807) is 23.6 Å². The second kappa shape index (κ2) is 7.50. The Kier molecular flexibility index (Phi) is 5.05. The zero-order valence-electron chi connectivity index (χ0n) is 14.7. The number of fused-ring (bicyclic) bond motifs is 1. The Bertz CT molecular complexity index is 1260. The molecule has 0 fully saturated rings. The maximum atomic E-state index is 12.7. The van der Waals surface area contributed by atoms with Gasteiger partial charge in [0.2, 0.25) is 0 Å². The SMILES string of the molecule is Cc1cc(Nc2nc3ccccc3nc2NS(=O)(=O)c2cccs2)ccc1Br. The molecule has 6 nitrogen and oxygen atoms in total. The first-order chi connectivity index (χ1) is 13.4. The van der Waals surface area contributed by atoms with Crippen LogP contribution in [-0.2, 0) is 10.0 Å². The number of anilines is 3. The van der Waals surface area contributed by atoms with E-state index in [0.717, 1.165) is 27.1 Å². The van der Waals surface area contributed by atoms with Gasteiger partial charge in [-0.1, -0.05) is 34.1 Å². The molecule has 0 saturated carbocycles. The lowest BCUT2D eigenvalue weighted by atomic mass is 10.2. The van der Waals surface area contributed by atoms with Gasteiger partial charge in [-0.15, -0.1) is 11.3 Å². The average Bonchev–Trinajstić information content (AvgIpc) is 3.21. The van der Waals surface area contributed by atoms with E-state index in [9.17, 15) is 8.42 Å². The Balaban J connectivity index is 1.79. The zero-order valence-corrected chi connectivity index (χ0v) is 17.9. The number of benzene rings is 2. The Labute approximate surface area is 174 Å². The maximum Gasteiger partial charge on any atom is 0.272 e.